The summed E-state index contributed by atoms with van der Waals surface area (Å²) in [6, 6.07) is 0. The Hall–Kier alpha value is -0.480. The first-order valence-electron chi connectivity index (χ1n) is 4.03. The van der Waals surface area contributed by atoms with Gasteiger partial charge in [-0.25, -0.2) is 0 Å². The lowest BCUT2D eigenvalue weighted by Crippen LogP contribution is -2.12. The van der Waals surface area contributed by atoms with Crippen LogP contribution in [-0.2, 0) is 0 Å². The van der Waals surface area contributed by atoms with Crippen LogP contribution in [0, 0.1) is 23.2 Å². The summed E-state index contributed by atoms with van der Waals surface area (Å²) in [6.07, 6.45) is -0.478. The molecule has 0 rings (SSSR count). The lowest BCUT2D eigenvalue weighted by Gasteiger charge is -2.10. The van der Waals surface area contributed by atoms with Crippen LogP contribution in [0.2, 0.25) is 0 Å². The average molecular weight is 154 g/mol. The van der Waals surface area contributed by atoms with Crippen molar-refractivity contribution in [3.05, 3.63) is 0 Å². The zero-order valence-electron chi connectivity index (χ0n) is 8.10. The number of aliphatic hydroxyl groups excluding tert-OH is 1. The fourth-order valence-corrected chi connectivity index (χ4v) is 0.457. The molecule has 0 saturated heterocycles. The van der Waals surface area contributed by atoms with Gasteiger partial charge in [0.05, 0.1) is 0 Å². The van der Waals surface area contributed by atoms with Crippen molar-refractivity contribution in [2.45, 2.75) is 40.7 Å². The molecule has 1 unspecified atom stereocenters. The highest BCUT2D eigenvalue weighted by molar-refractivity contribution is 5.11. The van der Waals surface area contributed by atoms with E-state index < -0.39 is 6.10 Å². The fourth-order valence-electron chi connectivity index (χ4n) is 0.457. The predicted molar refractivity (Wildman–Crippen MR) is 48.1 cm³/mol. The van der Waals surface area contributed by atoms with Crippen LogP contribution < -0.4 is 0 Å². The van der Waals surface area contributed by atoms with Crippen molar-refractivity contribution in [2.75, 3.05) is 0 Å². The fraction of sp³-hybridized carbons (Fsp3) is 0.800. The van der Waals surface area contributed by atoms with Gasteiger partial charge in [0.25, 0.3) is 0 Å². The second-order valence-corrected chi connectivity index (χ2v) is 4.21. The Morgan fingerprint density at radius 3 is 1.91 bits per heavy atom. The molecule has 0 fully saturated rings. The van der Waals surface area contributed by atoms with Gasteiger partial charge >= 0.3 is 0 Å². The molecule has 1 nitrogen and oxygen atoms in total. The summed E-state index contributed by atoms with van der Waals surface area (Å²) in [7, 11) is 0. The minimum Gasteiger partial charge on any atom is -0.380 e. The summed E-state index contributed by atoms with van der Waals surface area (Å²) in [5, 5.41) is 9.32. The van der Waals surface area contributed by atoms with Gasteiger partial charge in [-0.2, -0.15) is 0 Å². The van der Waals surface area contributed by atoms with E-state index >= 15 is 0 Å². The molecule has 1 atom stereocenters. The maximum atomic E-state index is 9.32. The van der Waals surface area contributed by atoms with Gasteiger partial charge in [0.1, 0.15) is 6.10 Å². The maximum Gasteiger partial charge on any atom is 0.117 e. The van der Waals surface area contributed by atoms with Crippen LogP contribution in [0.25, 0.3) is 0 Å². The molecule has 0 aromatic heterocycles. The van der Waals surface area contributed by atoms with Crippen molar-refractivity contribution in [2.24, 2.45) is 11.3 Å². The van der Waals surface area contributed by atoms with Crippen molar-refractivity contribution in [3.63, 3.8) is 0 Å². The minimum atomic E-state index is -0.478. The molecule has 0 aromatic rings. The minimum absolute atomic E-state index is 0.00410. The van der Waals surface area contributed by atoms with E-state index in [-0.39, 0.29) is 11.3 Å². The van der Waals surface area contributed by atoms with Crippen molar-refractivity contribution in [1.82, 2.24) is 0 Å². The Labute approximate surface area is 69.8 Å². The first kappa shape index (κ1) is 10.5. The van der Waals surface area contributed by atoms with E-state index in [1.54, 1.807) is 0 Å². The molecule has 1 N–H and O–H groups in total. The molecule has 0 aliphatic heterocycles. The van der Waals surface area contributed by atoms with Gasteiger partial charge in [0, 0.05) is 5.41 Å². The van der Waals surface area contributed by atoms with Crippen molar-refractivity contribution >= 4 is 0 Å². The topological polar surface area (TPSA) is 20.2 Å². The quantitative estimate of drug-likeness (QED) is 0.573. The van der Waals surface area contributed by atoms with Gasteiger partial charge in [-0.15, -0.1) is 0 Å². The Balaban J connectivity index is 4.08. The summed E-state index contributed by atoms with van der Waals surface area (Å²) in [5.74, 6) is 6.06. The predicted octanol–water partition coefficient (Wildman–Crippen LogP) is 2.05. The van der Waals surface area contributed by atoms with E-state index in [0.717, 1.165) is 0 Å². The molecule has 0 amide bonds. The Morgan fingerprint density at radius 2 is 1.64 bits per heavy atom. The van der Waals surface area contributed by atoms with Crippen molar-refractivity contribution in [1.29, 1.82) is 0 Å². The molecular weight excluding hydrogens is 136 g/mol. The zero-order chi connectivity index (χ0) is 9.07. The second kappa shape index (κ2) is 3.78. The molecule has 11 heavy (non-hydrogen) atoms. The number of hydrogen-bond acceptors (Lipinski definition) is 1. The lowest BCUT2D eigenvalue weighted by molar-refractivity contribution is 0.181. The van der Waals surface area contributed by atoms with Gasteiger partial charge in [-0.3, -0.25) is 0 Å². The normalized spacial score (nSPS) is 14.1. The van der Waals surface area contributed by atoms with Crippen LogP contribution in [0.3, 0.4) is 0 Å². The molecule has 0 aromatic carbocycles. The van der Waals surface area contributed by atoms with E-state index in [2.05, 4.69) is 11.8 Å². The van der Waals surface area contributed by atoms with E-state index in [4.69, 9.17) is 0 Å². The summed E-state index contributed by atoms with van der Waals surface area (Å²) >= 11 is 0. The molecule has 0 heterocycles. The molecule has 0 bridgehead atoms. The molecule has 0 radical (unpaired) electrons. The molecule has 0 aliphatic rings. The third-order valence-electron chi connectivity index (χ3n) is 1.23. The highest BCUT2D eigenvalue weighted by Crippen LogP contribution is 2.10. The van der Waals surface area contributed by atoms with E-state index in [9.17, 15) is 5.11 Å². The Morgan fingerprint density at radius 1 is 1.18 bits per heavy atom. The number of hydrogen-bond donors (Lipinski definition) is 1. The second-order valence-electron chi connectivity index (χ2n) is 4.21. The molecule has 1 heteroatoms. The Kier molecular flexibility index (Phi) is 3.62. The lowest BCUT2D eigenvalue weighted by atomic mass is 9.96. The van der Waals surface area contributed by atoms with Gasteiger partial charge in [-0.1, -0.05) is 25.7 Å². The van der Waals surface area contributed by atoms with Crippen LogP contribution >= 0.6 is 0 Å². The van der Waals surface area contributed by atoms with Crippen LogP contribution in [0.4, 0.5) is 0 Å². The molecular formula is C10H18O. The molecule has 0 aliphatic carbocycles. The highest BCUT2D eigenvalue weighted by atomic mass is 16.3. The average Bonchev–Trinajstić information content (AvgIpc) is 1.80. The standard InChI is InChI=1S/C10H18O/c1-8(2)9(11)6-7-10(3,4)5/h8-9,11H,1-5H3. The third kappa shape index (κ3) is 5.94. The summed E-state index contributed by atoms with van der Waals surface area (Å²) in [6.45, 7) is 10.0. The summed E-state index contributed by atoms with van der Waals surface area (Å²) in [4.78, 5) is 0. The van der Waals surface area contributed by atoms with Gasteiger partial charge in [0.2, 0.25) is 0 Å². The largest absolute Gasteiger partial charge is 0.380 e. The molecule has 0 saturated carbocycles. The SMILES string of the molecule is CC(C)C(O)C#CC(C)(C)C. The first-order chi connectivity index (χ1) is 4.83. The maximum absolute atomic E-state index is 9.32. The van der Waals surface area contributed by atoms with Crippen LogP contribution in [0.5, 0.6) is 0 Å². The smallest absolute Gasteiger partial charge is 0.117 e. The number of rotatable bonds is 1. The van der Waals surface area contributed by atoms with Gasteiger partial charge < -0.3 is 5.11 Å². The highest BCUT2D eigenvalue weighted by Gasteiger charge is 2.07. The van der Waals surface area contributed by atoms with E-state index in [1.165, 1.54) is 0 Å². The monoisotopic (exact) mass is 154 g/mol. The first-order valence-corrected chi connectivity index (χ1v) is 4.03. The van der Waals surface area contributed by atoms with E-state index in [1.807, 2.05) is 34.6 Å². The van der Waals surface area contributed by atoms with Crippen molar-refractivity contribution in [3.8, 4) is 11.8 Å². The third-order valence-corrected chi connectivity index (χ3v) is 1.23. The summed E-state index contributed by atoms with van der Waals surface area (Å²) < 4.78 is 0. The summed E-state index contributed by atoms with van der Waals surface area (Å²) in [5.41, 5.74) is -0.00410. The molecule has 64 valence electrons. The van der Waals surface area contributed by atoms with E-state index in [0.29, 0.717) is 0 Å². The van der Waals surface area contributed by atoms with Crippen LogP contribution in [0.15, 0.2) is 0 Å². The van der Waals surface area contributed by atoms with Crippen LogP contribution in [0.1, 0.15) is 34.6 Å². The van der Waals surface area contributed by atoms with Gasteiger partial charge in [0.15, 0.2) is 0 Å². The Bertz CT molecular complexity index is 164. The van der Waals surface area contributed by atoms with Crippen LogP contribution in [-0.4, -0.2) is 11.2 Å². The number of aliphatic hydroxyl groups is 1. The zero-order valence-corrected chi connectivity index (χ0v) is 8.10. The van der Waals surface area contributed by atoms with Crippen molar-refractivity contribution < 1.29 is 5.11 Å². The molecule has 0 spiro atoms. The van der Waals surface area contributed by atoms with Gasteiger partial charge in [-0.05, 0) is 26.7 Å².